The molecule has 1 aromatic carbocycles. The highest BCUT2D eigenvalue weighted by Gasteiger charge is 2.16. The first kappa shape index (κ1) is 13.2. The number of halogens is 1. The largest absolute Gasteiger partial charge is 0.399 e. The number of nitrogen functional groups attached to an aromatic ring is 1. The molecule has 0 saturated carbocycles. The number of nitrogens with zero attached hydrogens (tertiary/aromatic N) is 4. The Hall–Kier alpha value is -2.24. The first-order valence-electron chi connectivity index (χ1n) is 6.03. The van der Waals surface area contributed by atoms with E-state index in [2.05, 4.69) is 15.1 Å². The third-order valence-corrected chi connectivity index (χ3v) is 2.58. The number of anilines is 1. The van der Waals surface area contributed by atoms with Crippen molar-refractivity contribution in [1.82, 2.24) is 14.8 Å². The number of aromatic nitrogens is 3. The predicted molar refractivity (Wildman–Crippen MR) is 74.0 cm³/mol. The third-order valence-electron chi connectivity index (χ3n) is 2.58. The summed E-state index contributed by atoms with van der Waals surface area (Å²) in [5, 5.41) is 4.30. The normalized spacial score (nSPS) is 11.6. The fraction of sp³-hybridized carbons (Fsp3) is 0.308. The molecule has 0 unspecified atom stereocenters. The van der Waals surface area contributed by atoms with Crippen molar-refractivity contribution in [3.8, 4) is 11.4 Å². The van der Waals surface area contributed by atoms with Gasteiger partial charge in [-0.2, -0.15) is 4.98 Å². The highest BCUT2D eigenvalue weighted by atomic mass is 19.1. The zero-order valence-corrected chi connectivity index (χ0v) is 11.1. The van der Waals surface area contributed by atoms with Crippen molar-refractivity contribution in [3.05, 3.63) is 24.0 Å². The van der Waals surface area contributed by atoms with Gasteiger partial charge < -0.3 is 5.73 Å². The molecule has 0 aliphatic carbocycles. The van der Waals surface area contributed by atoms with Crippen LogP contribution in [0.4, 0.5) is 16.0 Å². The van der Waals surface area contributed by atoms with Gasteiger partial charge in [-0.1, -0.05) is 0 Å². The van der Waals surface area contributed by atoms with Gasteiger partial charge in [0.1, 0.15) is 5.82 Å². The first-order valence-corrected chi connectivity index (χ1v) is 6.03. The molecule has 2 aromatic rings. The Kier molecular flexibility index (Phi) is 3.59. The molecule has 0 amide bonds. The minimum Gasteiger partial charge on any atom is -0.399 e. The van der Waals surface area contributed by atoms with Gasteiger partial charge in [0.2, 0.25) is 5.95 Å². The van der Waals surface area contributed by atoms with Crippen LogP contribution in [0.3, 0.4) is 0 Å². The van der Waals surface area contributed by atoms with Crippen LogP contribution in [-0.2, 0) is 0 Å². The summed E-state index contributed by atoms with van der Waals surface area (Å²) in [6, 6.07) is 4.42. The second-order valence-electron chi connectivity index (χ2n) is 4.40. The van der Waals surface area contributed by atoms with E-state index in [9.17, 15) is 4.39 Å². The van der Waals surface area contributed by atoms with Gasteiger partial charge >= 0.3 is 0 Å². The number of benzene rings is 1. The maximum atomic E-state index is 13.8. The average Bonchev–Trinajstić information content (AvgIpc) is 2.77. The van der Waals surface area contributed by atoms with E-state index in [1.54, 1.807) is 17.8 Å². The van der Waals surface area contributed by atoms with Crippen LogP contribution >= 0.6 is 0 Å². The van der Waals surface area contributed by atoms with E-state index < -0.39 is 5.82 Å². The van der Waals surface area contributed by atoms with Crippen LogP contribution in [0.5, 0.6) is 0 Å². The van der Waals surface area contributed by atoms with Crippen molar-refractivity contribution < 1.29 is 4.39 Å². The van der Waals surface area contributed by atoms with Gasteiger partial charge in [-0.3, -0.25) is 0 Å². The topological polar surface area (TPSA) is 69.1 Å². The number of hydrogen-bond acceptors (Lipinski definition) is 4. The molecule has 2 N–H and O–H groups in total. The number of hydrogen-bond donors (Lipinski definition) is 1. The number of nitrogens with two attached hydrogens (primary N) is 1. The van der Waals surface area contributed by atoms with E-state index >= 15 is 0 Å². The van der Waals surface area contributed by atoms with E-state index in [-0.39, 0.29) is 11.6 Å². The second-order valence-corrected chi connectivity index (χ2v) is 4.40. The smallest absolute Gasteiger partial charge is 0.248 e. The zero-order valence-electron chi connectivity index (χ0n) is 11.1. The van der Waals surface area contributed by atoms with Gasteiger partial charge in [0.25, 0.3) is 0 Å². The molecule has 5 nitrogen and oxygen atoms in total. The Morgan fingerprint density at radius 1 is 1.42 bits per heavy atom. The van der Waals surface area contributed by atoms with Gasteiger partial charge in [0.15, 0.2) is 5.82 Å². The standard InChI is InChI=1S/C13H16FN5/c1-4-16-13-17-12(18-19(13)8(2)3)10-7-9(15)5-6-11(10)14/h4-8H,15H2,1-3H3. The molecule has 0 aliphatic heterocycles. The van der Waals surface area contributed by atoms with Crippen LogP contribution in [0, 0.1) is 5.82 Å². The van der Waals surface area contributed by atoms with Crippen LogP contribution in [0.15, 0.2) is 23.2 Å². The van der Waals surface area contributed by atoms with Crippen LogP contribution in [0.25, 0.3) is 11.4 Å². The highest BCUT2D eigenvalue weighted by molar-refractivity contribution is 5.63. The first-order chi connectivity index (χ1) is 9.02. The predicted octanol–water partition coefficient (Wildman–Crippen LogP) is 2.97. The molecule has 0 radical (unpaired) electrons. The number of rotatable bonds is 3. The van der Waals surface area contributed by atoms with Crippen molar-refractivity contribution in [2.75, 3.05) is 5.73 Å². The van der Waals surface area contributed by atoms with Gasteiger partial charge in [0.05, 0.1) is 11.6 Å². The van der Waals surface area contributed by atoms with Gasteiger partial charge in [-0.05, 0) is 39.0 Å². The molecule has 0 spiro atoms. The fourth-order valence-electron chi connectivity index (χ4n) is 1.69. The van der Waals surface area contributed by atoms with Gasteiger partial charge in [0, 0.05) is 11.9 Å². The molecule has 0 atom stereocenters. The minimum absolute atomic E-state index is 0.0871. The molecule has 6 heteroatoms. The summed E-state index contributed by atoms with van der Waals surface area (Å²) in [5.74, 6) is 0.343. The molecule has 0 fully saturated rings. The van der Waals surface area contributed by atoms with Crippen LogP contribution in [-0.4, -0.2) is 21.0 Å². The lowest BCUT2D eigenvalue weighted by molar-refractivity contribution is 0.536. The van der Waals surface area contributed by atoms with E-state index in [1.165, 1.54) is 18.2 Å². The molecular formula is C13H16FN5. The summed E-state index contributed by atoms with van der Waals surface area (Å²) in [5.41, 5.74) is 6.42. The minimum atomic E-state index is -0.401. The zero-order chi connectivity index (χ0) is 14.0. The van der Waals surface area contributed by atoms with E-state index in [0.717, 1.165) is 0 Å². The van der Waals surface area contributed by atoms with Gasteiger partial charge in [-0.15, -0.1) is 5.10 Å². The second kappa shape index (κ2) is 5.17. The van der Waals surface area contributed by atoms with Gasteiger partial charge in [-0.25, -0.2) is 14.1 Å². The Morgan fingerprint density at radius 3 is 2.79 bits per heavy atom. The molecule has 1 heterocycles. The van der Waals surface area contributed by atoms with Crippen molar-refractivity contribution in [1.29, 1.82) is 0 Å². The Balaban J connectivity index is 2.57. The maximum absolute atomic E-state index is 13.8. The lowest BCUT2D eigenvalue weighted by Crippen LogP contribution is -2.02. The van der Waals surface area contributed by atoms with Crippen LogP contribution < -0.4 is 5.73 Å². The maximum Gasteiger partial charge on any atom is 0.248 e. The van der Waals surface area contributed by atoms with E-state index in [0.29, 0.717) is 17.5 Å². The molecule has 2 rings (SSSR count). The molecule has 0 saturated heterocycles. The molecule has 0 bridgehead atoms. The average molecular weight is 261 g/mol. The van der Waals surface area contributed by atoms with Crippen molar-refractivity contribution >= 4 is 17.9 Å². The van der Waals surface area contributed by atoms with E-state index in [1.807, 2.05) is 13.8 Å². The molecule has 19 heavy (non-hydrogen) atoms. The third kappa shape index (κ3) is 2.62. The molecular weight excluding hydrogens is 245 g/mol. The summed E-state index contributed by atoms with van der Waals surface area (Å²) in [7, 11) is 0. The van der Waals surface area contributed by atoms with Crippen molar-refractivity contribution in [2.24, 2.45) is 4.99 Å². The Labute approximate surface area is 111 Å². The van der Waals surface area contributed by atoms with E-state index in [4.69, 9.17) is 5.73 Å². The highest BCUT2D eigenvalue weighted by Crippen LogP contribution is 2.25. The summed E-state index contributed by atoms with van der Waals surface area (Å²) >= 11 is 0. The SMILES string of the molecule is CC=Nc1nc(-c2cc(N)ccc2F)nn1C(C)C. The summed E-state index contributed by atoms with van der Waals surface area (Å²) in [6.07, 6.45) is 1.63. The lowest BCUT2D eigenvalue weighted by atomic mass is 10.2. The molecule has 0 aliphatic rings. The fourth-order valence-corrected chi connectivity index (χ4v) is 1.69. The summed E-state index contributed by atoms with van der Waals surface area (Å²) in [6.45, 7) is 5.71. The molecule has 1 aromatic heterocycles. The monoisotopic (exact) mass is 261 g/mol. The van der Waals surface area contributed by atoms with Crippen LogP contribution in [0.1, 0.15) is 26.8 Å². The summed E-state index contributed by atoms with van der Waals surface area (Å²) in [4.78, 5) is 8.39. The van der Waals surface area contributed by atoms with Crippen LogP contribution in [0.2, 0.25) is 0 Å². The lowest BCUT2D eigenvalue weighted by Gasteiger charge is -2.05. The molecule has 100 valence electrons. The quantitative estimate of drug-likeness (QED) is 0.682. The van der Waals surface area contributed by atoms with Crippen molar-refractivity contribution in [2.45, 2.75) is 26.8 Å². The Bertz CT molecular complexity index is 615. The summed E-state index contributed by atoms with van der Waals surface area (Å²) < 4.78 is 15.5. The number of aliphatic imine (C=N–C) groups is 1. The Morgan fingerprint density at radius 2 is 2.16 bits per heavy atom. The van der Waals surface area contributed by atoms with Crippen molar-refractivity contribution in [3.63, 3.8) is 0 Å².